The summed E-state index contributed by atoms with van der Waals surface area (Å²) in [7, 11) is 0. The molecule has 2 bridgehead atoms. The fraction of sp³-hybridized carbons (Fsp3) is 0.750. The highest BCUT2D eigenvalue weighted by molar-refractivity contribution is 5.87. The van der Waals surface area contributed by atoms with Gasteiger partial charge in [0, 0.05) is 12.6 Å². The molecule has 5 unspecified atom stereocenters. The molecule has 1 amide bonds. The fourth-order valence-corrected chi connectivity index (χ4v) is 4.45. The van der Waals surface area contributed by atoms with Crippen molar-refractivity contribution in [2.45, 2.75) is 39.2 Å². The van der Waals surface area contributed by atoms with Crippen molar-refractivity contribution in [1.82, 2.24) is 4.90 Å². The maximum absolute atomic E-state index is 12.9. The highest BCUT2D eigenvalue weighted by atomic mass is 16.4. The molecule has 1 N–H and O–H groups in total. The average Bonchev–Trinajstić information content (AvgIpc) is 3.10. The molecule has 3 aliphatic rings. The third kappa shape index (κ3) is 1.97. The van der Waals surface area contributed by atoms with Crippen LogP contribution in [0.4, 0.5) is 0 Å². The summed E-state index contributed by atoms with van der Waals surface area (Å²) in [6.45, 7) is 5.09. The molecular weight excluding hydrogens is 254 g/mol. The molecule has 0 spiro atoms. The molecule has 2 fully saturated rings. The van der Waals surface area contributed by atoms with Gasteiger partial charge in [-0.25, -0.2) is 0 Å². The van der Waals surface area contributed by atoms with Gasteiger partial charge in [0.2, 0.25) is 5.91 Å². The molecule has 1 aliphatic heterocycles. The van der Waals surface area contributed by atoms with Crippen LogP contribution in [0.5, 0.6) is 0 Å². The number of carbonyl (C=O) groups is 2. The maximum atomic E-state index is 12.9. The SMILES string of the molecule is CC(C)C1CCCN1C(=O)C1C2C=CC(C2)C1C(=O)O. The van der Waals surface area contributed by atoms with Crippen LogP contribution in [0, 0.1) is 29.6 Å². The first-order valence-electron chi connectivity index (χ1n) is 7.72. The molecule has 0 radical (unpaired) electrons. The van der Waals surface area contributed by atoms with Gasteiger partial charge in [-0.15, -0.1) is 0 Å². The van der Waals surface area contributed by atoms with E-state index in [1.165, 1.54) is 0 Å². The molecule has 110 valence electrons. The van der Waals surface area contributed by atoms with Crippen molar-refractivity contribution in [3.8, 4) is 0 Å². The highest BCUT2D eigenvalue weighted by Crippen LogP contribution is 2.49. The molecule has 3 rings (SSSR count). The van der Waals surface area contributed by atoms with Crippen LogP contribution >= 0.6 is 0 Å². The van der Waals surface area contributed by atoms with E-state index in [0.29, 0.717) is 12.0 Å². The molecule has 20 heavy (non-hydrogen) atoms. The second-order valence-corrected chi connectivity index (χ2v) is 6.82. The van der Waals surface area contributed by atoms with Crippen molar-refractivity contribution in [3.05, 3.63) is 12.2 Å². The summed E-state index contributed by atoms with van der Waals surface area (Å²) in [6.07, 6.45) is 7.00. The summed E-state index contributed by atoms with van der Waals surface area (Å²) in [5.41, 5.74) is 0. The highest BCUT2D eigenvalue weighted by Gasteiger charge is 2.53. The number of fused-ring (bicyclic) bond motifs is 2. The monoisotopic (exact) mass is 277 g/mol. The van der Waals surface area contributed by atoms with Crippen LogP contribution in [-0.4, -0.2) is 34.5 Å². The lowest BCUT2D eigenvalue weighted by molar-refractivity contribution is -0.151. The van der Waals surface area contributed by atoms with E-state index in [4.69, 9.17) is 0 Å². The van der Waals surface area contributed by atoms with Crippen LogP contribution in [-0.2, 0) is 9.59 Å². The van der Waals surface area contributed by atoms with Gasteiger partial charge in [-0.1, -0.05) is 26.0 Å². The molecule has 4 nitrogen and oxygen atoms in total. The van der Waals surface area contributed by atoms with E-state index in [0.717, 1.165) is 25.8 Å². The Labute approximate surface area is 119 Å². The van der Waals surface area contributed by atoms with Gasteiger partial charge >= 0.3 is 5.97 Å². The third-order valence-electron chi connectivity index (χ3n) is 5.38. The molecule has 1 saturated heterocycles. The van der Waals surface area contributed by atoms with Gasteiger partial charge in [-0.3, -0.25) is 9.59 Å². The van der Waals surface area contributed by atoms with Crippen LogP contribution in [0.3, 0.4) is 0 Å². The minimum atomic E-state index is -0.805. The summed E-state index contributed by atoms with van der Waals surface area (Å²) in [5.74, 6) is -0.911. The Morgan fingerprint density at radius 3 is 2.45 bits per heavy atom. The number of hydrogen-bond acceptors (Lipinski definition) is 2. The number of allylic oxidation sites excluding steroid dienone is 2. The van der Waals surface area contributed by atoms with E-state index < -0.39 is 11.9 Å². The fourth-order valence-electron chi connectivity index (χ4n) is 4.45. The second-order valence-electron chi connectivity index (χ2n) is 6.82. The Balaban J connectivity index is 1.83. The van der Waals surface area contributed by atoms with Crippen molar-refractivity contribution >= 4 is 11.9 Å². The lowest BCUT2D eigenvalue weighted by Gasteiger charge is -2.33. The Bertz CT molecular complexity index is 457. The zero-order valence-corrected chi connectivity index (χ0v) is 12.2. The van der Waals surface area contributed by atoms with E-state index in [9.17, 15) is 14.7 Å². The van der Waals surface area contributed by atoms with Gasteiger partial charge in [0.1, 0.15) is 0 Å². The normalized spacial score (nSPS) is 39.0. The van der Waals surface area contributed by atoms with Gasteiger partial charge in [0.15, 0.2) is 0 Å². The zero-order valence-electron chi connectivity index (χ0n) is 12.2. The number of hydrogen-bond donors (Lipinski definition) is 1. The smallest absolute Gasteiger partial charge is 0.307 e. The molecule has 1 saturated carbocycles. The van der Waals surface area contributed by atoms with E-state index in [2.05, 4.69) is 19.9 Å². The number of likely N-dealkylation sites (tertiary alicyclic amines) is 1. The average molecular weight is 277 g/mol. The summed E-state index contributed by atoms with van der Waals surface area (Å²) in [6, 6.07) is 0.292. The Morgan fingerprint density at radius 1 is 1.20 bits per heavy atom. The quantitative estimate of drug-likeness (QED) is 0.804. The lowest BCUT2D eigenvalue weighted by Crippen LogP contribution is -2.46. The number of aliphatic carboxylic acids is 1. The van der Waals surface area contributed by atoms with Crippen molar-refractivity contribution < 1.29 is 14.7 Å². The van der Waals surface area contributed by atoms with Gasteiger partial charge in [0.25, 0.3) is 0 Å². The number of carboxylic acid groups (broad SMARTS) is 1. The van der Waals surface area contributed by atoms with Gasteiger partial charge in [-0.05, 0) is 37.0 Å². The molecular formula is C16H23NO3. The number of nitrogens with zero attached hydrogens (tertiary/aromatic N) is 1. The van der Waals surface area contributed by atoms with Gasteiger partial charge in [-0.2, -0.15) is 0 Å². The molecule has 1 heterocycles. The predicted octanol–water partition coefficient (Wildman–Crippen LogP) is 2.16. The van der Waals surface area contributed by atoms with Crippen LogP contribution in [0.2, 0.25) is 0 Å². The first-order chi connectivity index (χ1) is 9.50. The topological polar surface area (TPSA) is 57.6 Å². The first kappa shape index (κ1) is 13.7. The minimum absolute atomic E-state index is 0.0616. The third-order valence-corrected chi connectivity index (χ3v) is 5.38. The standard InChI is InChI=1S/C16H23NO3/c1-9(2)12-4-3-7-17(12)15(18)13-10-5-6-11(8-10)14(13)16(19)20/h5-6,9-14H,3-4,7-8H2,1-2H3,(H,19,20). The van der Waals surface area contributed by atoms with Gasteiger partial charge < -0.3 is 10.0 Å². The first-order valence-corrected chi connectivity index (χ1v) is 7.72. The van der Waals surface area contributed by atoms with E-state index in [1.807, 2.05) is 11.0 Å². The van der Waals surface area contributed by atoms with E-state index in [-0.39, 0.29) is 23.7 Å². The van der Waals surface area contributed by atoms with Crippen molar-refractivity contribution in [2.24, 2.45) is 29.6 Å². The van der Waals surface area contributed by atoms with Crippen LogP contribution in [0.15, 0.2) is 12.2 Å². The Morgan fingerprint density at radius 2 is 1.85 bits per heavy atom. The largest absolute Gasteiger partial charge is 0.481 e. The molecule has 0 aromatic heterocycles. The summed E-state index contributed by atoms with van der Waals surface area (Å²) < 4.78 is 0. The second kappa shape index (κ2) is 4.90. The molecule has 5 atom stereocenters. The van der Waals surface area contributed by atoms with E-state index >= 15 is 0 Å². The number of carboxylic acids is 1. The number of amides is 1. The summed E-state index contributed by atoms with van der Waals surface area (Å²) in [5, 5.41) is 9.47. The number of carbonyl (C=O) groups excluding carboxylic acids is 1. The summed E-state index contributed by atoms with van der Waals surface area (Å²) in [4.78, 5) is 26.4. The van der Waals surface area contributed by atoms with E-state index in [1.54, 1.807) is 0 Å². The zero-order chi connectivity index (χ0) is 14.4. The van der Waals surface area contributed by atoms with Crippen molar-refractivity contribution in [2.75, 3.05) is 6.54 Å². The molecule has 4 heteroatoms. The lowest BCUT2D eigenvalue weighted by atomic mass is 9.81. The number of rotatable bonds is 3. The minimum Gasteiger partial charge on any atom is -0.481 e. The Hall–Kier alpha value is -1.32. The predicted molar refractivity (Wildman–Crippen MR) is 74.9 cm³/mol. The molecule has 2 aliphatic carbocycles. The van der Waals surface area contributed by atoms with Crippen LogP contribution < -0.4 is 0 Å². The van der Waals surface area contributed by atoms with Crippen LogP contribution in [0.25, 0.3) is 0 Å². The molecule has 0 aromatic carbocycles. The van der Waals surface area contributed by atoms with Gasteiger partial charge in [0.05, 0.1) is 11.8 Å². The van der Waals surface area contributed by atoms with Crippen molar-refractivity contribution in [3.63, 3.8) is 0 Å². The van der Waals surface area contributed by atoms with Crippen molar-refractivity contribution in [1.29, 1.82) is 0 Å². The molecule has 0 aromatic rings. The Kier molecular flexibility index (Phi) is 3.35. The maximum Gasteiger partial charge on any atom is 0.307 e. The summed E-state index contributed by atoms with van der Waals surface area (Å²) >= 11 is 0. The van der Waals surface area contributed by atoms with Crippen LogP contribution in [0.1, 0.15) is 33.1 Å².